The highest BCUT2D eigenvalue weighted by atomic mass is 19.1. The van der Waals surface area contributed by atoms with E-state index < -0.39 is 11.6 Å². The van der Waals surface area contributed by atoms with Gasteiger partial charge in [-0.3, -0.25) is 4.68 Å². The first-order valence-electron chi connectivity index (χ1n) is 6.71. The molecule has 108 valence electrons. The van der Waals surface area contributed by atoms with E-state index in [0.717, 1.165) is 29.8 Å². The zero-order valence-corrected chi connectivity index (χ0v) is 12.0. The third kappa shape index (κ3) is 3.22. The number of rotatable bonds is 5. The Labute approximate surface area is 117 Å². The summed E-state index contributed by atoms with van der Waals surface area (Å²) < 4.78 is 28.6. The number of hydrogen-bond donors (Lipinski definition) is 1. The quantitative estimate of drug-likeness (QED) is 0.911. The predicted molar refractivity (Wildman–Crippen MR) is 74.2 cm³/mol. The van der Waals surface area contributed by atoms with Crippen LogP contribution in [0.3, 0.4) is 0 Å². The molecule has 20 heavy (non-hydrogen) atoms. The Kier molecular flexibility index (Phi) is 4.49. The molecular weight excluding hydrogens is 260 g/mol. The summed E-state index contributed by atoms with van der Waals surface area (Å²) in [5, 5.41) is 7.57. The average molecular weight is 279 g/mol. The van der Waals surface area contributed by atoms with Crippen LogP contribution in [0.25, 0.3) is 0 Å². The van der Waals surface area contributed by atoms with Crippen molar-refractivity contribution in [2.45, 2.75) is 32.9 Å². The van der Waals surface area contributed by atoms with Crippen LogP contribution in [0.1, 0.15) is 36.7 Å². The number of hydrogen-bond acceptors (Lipinski definition) is 2. The van der Waals surface area contributed by atoms with E-state index in [1.54, 1.807) is 4.68 Å². The van der Waals surface area contributed by atoms with E-state index in [0.29, 0.717) is 12.1 Å². The van der Waals surface area contributed by atoms with Crippen LogP contribution in [-0.4, -0.2) is 9.78 Å². The lowest BCUT2D eigenvalue weighted by atomic mass is 10.1. The standard InChI is InChI=1S/C15H19F2N3/c1-4-15-11(9-20(3)19-15)8-18-10(2)13-7-12(16)5-6-14(13)17/h5-7,9-10,18H,4,8H2,1-3H3. The third-order valence-corrected chi connectivity index (χ3v) is 3.35. The normalized spacial score (nSPS) is 12.7. The van der Waals surface area contributed by atoms with Crippen molar-refractivity contribution in [2.24, 2.45) is 7.05 Å². The first-order valence-corrected chi connectivity index (χ1v) is 6.71. The van der Waals surface area contributed by atoms with Crippen LogP contribution in [0, 0.1) is 11.6 Å². The lowest BCUT2D eigenvalue weighted by molar-refractivity contribution is 0.518. The van der Waals surface area contributed by atoms with Gasteiger partial charge in [0.15, 0.2) is 0 Å². The molecule has 2 aromatic rings. The zero-order valence-electron chi connectivity index (χ0n) is 12.0. The van der Waals surface area contributed by atoms with Crippen molar-refractivity contribution in [1.82, 2.24) is 15.1 Å². The van der Waals surface area contributed by atoms with Crippen LogP contribution >= 0.6 is 0 Å². The summed E-state index contributed by atoms with van der Waals surface area (Å²) in [4.78, 5) is 0. The van der Waals surface area contributed by atoms with Crippen molar-refractivity contribution in [1.29, 1.82) is 0 Å². The highest BCUT2D eigenvalue weighted by molar-refractivity contribution is 5.23. The van der Waals surface area contributed by atoms with E-state index in [2.05, 4.69) is 10.4 Å². The fraction of sp³-hybridized carbons (Fsp3) is 0.400. The highest BCUT2D eigenvalue weighted by Crippen LogP contribution is 2.19. The molecule has 0 fully saturated rings. The molecule has 1 atom stereocenters. The first-order chi connectivity index (χ1) is 9.51. The van der Waals surface area contributed by atoms with Crippen LogP contribution in [0.5, 0.6) is 0 Å². The van der Waals surface area contributed by atoms with Gasteiger partial charge in [-0.2, -0.15) is 5.10 Å². The summed E-state index contributed by atoms with van der Waals surface area (Å²) in [6.45, 7) is 4.44. The maximum absolute atomic E-state index is 13.7. The van der Waals surface area contributed by atoms with Gasteiger partial charge < -0.3 is 5.32 Å². The zero-order chi connectivity index (χ0) is 14.7. The molecule has 0 aliphatic heterocycles. The molecule has 0 radical (unpaired) electrons. The van der Waals surface area contributed by atoms with Crippen LogP contribution in [0.15, 0.2) is 24.4 Å². The number of nitrogens with one attached hydrogen (secondary N) is 1. The molecule has 0 saturated heterocycles. The number of aromatic nitrogens is 2. The molecule has 1 heterocycles. The van der Waals surface area contributed by atoms with Gasteiger partial charge in [-0.25, -0.2) is 8.78 Å². The first kappa shape index (κ1) is 14.7. The van der Waals surface area contributed by atoms with E-state index in [1.165, 1.54) is 6.07 Å². The van der Waals surface area contributed by atoms with Gasteiger partial charge in [0.2, 0.25) is 0 Å². The molecule has 0 saturated carbocycles. The van der Waals surface area contributed by atoms with Crippen molar-refractivity contribution < 1.29 is 8.78 Å². The summed E-state index contributed by atoms with van der Waals surface area (Å²) in [5.41, 5.74) is 2.44. The molecular formula is C15H19F2N3. The summed E-state index contributed by atoms with van der Waals surface area (Å²) in [6.07, 6.45) is 2.79. The molecule has 5 heteroatoms. The lowest BCUT2D eigenvalue weighted by Crippen LogP contribution is -2.19. The fourth-order valence-corrected chi connectivity index (χ4v) is 2.25. The second-order valence-corrected chi connectivity index (χ2v) is 4.90. The van der Waals surface area contributed by atoms with Gasteiger partial charge in [0, 0.05) is 37.0 Å². The van der Waals surface area contributed by atoms with E-state index in [1.807, 2.05) is 27.1 Å². The van der Waals surface area contributed by atoms with Gasteiger partial charge in [-0.1, -0.05) is 6.92 Å². The van der Waals surface area contributed by atoms with Gasteiger partial charge in [0.05, 0.1) is 5.69 Å². The molecule has 1 aromatic carbocycles. The van der Waals surface area contributed by atoms with Crippen molar-refractivity contribution in [3.63, 3.8) is 0 Å². The van der Waals surface area contributed by atoms with Gasteiger partial charge in [0.1, 0.15) is 11.6 Å². The monoisotopic (exact) mass is 279 g/mol. The van der Waals surface area contributed by atoms with E-state index in [9.17, 15) is 8.78 Å². The summed E-state index contributed by atoms with van der Waals surface area (Å²) in [7, 11) is 1.87. The SMILES string of the molecule is CCc1nn(C)cc1CNC(C)c1cc(F)ccc1F. The molecule has 0 aliphatic rings. The maximum Gasteiger partial charge on any atom is 0.128 e. The number of aryl methyl sites for hydroxylation is 2. The van der Waals surface area contributed by atoms with E-state index in [4.69, 9.17) is 0 Å². The Bertz CT molecular complexity index is 593. The van der Waals surface area contributed by atoms with Gasteiger partial charge in [0.25, 0.3) is 0 Å². The molecule has 0 amide bonds. The Morgan fingerprint density at radius 1 is 1.35 bits per heavy atom. The number of benzene rings is 1. The van der Waals surface area contributed by atoms with Gasteiger partial charge >= 0.3 is 0 Å². The summed E-state index contributed by atoms with van der Waals surface area (Å²) in [6, 6.07) is 3.25. The topological polar surface area (TPSA) is 29.9 Å². The Morgan fingerprint density at radius 3 is 2.80 bits per heavy atom. The smallest absolute Gasteiger partial charge is 0.128 e. The second-order valence-electron chi connectivity index (χ2n) is 4.90. The van der Waals surface area contributed by atoms with E-state index >= 15 is 0 Å². The molecule has 0 bridgehead atoms. The van der Waals surface area contributed by atoms with Crippen molar-refractivity contribution in [3.05, 3.63) is 52.9 Å². The molecule has 1 N–H and O–H groups in total. The molecule has 1 aromatic heterocycles. The summed E-state index contributed by atoms with van der Waals surface area (Å²) >= 11 is 0. The summed E-state index contributed by atoms with van der Waals surface area (Å²) in [5.74, 6) is -0.820. The lowest BCUT2D eigenvalue weighted by Gasteiger charge is -2.15. The van der Waals surface area contributed by atoms with Crippen LogP contribution in [0.2, 0.25) is 0 Å². The molecule has 3 nitrogen and oxygen atoms in total. The molecule has 0 spiro atoms. The maximum atomic E-state index is 13.7. The Balaban J connectivity index is 2.08. The van der Waals surface area contributed by atoms with Crippen molar-refractivity contribution in [3.8, 4) is 0 Å². The van der Waals surface area contributed by atoms with Gasteiger partial charge in [-0.05, 0) is 31.5 Å². The number of nitrogens with zero attached hydrogens (tertiary/aromatic N) is 2. The minimum atomic E-state index is -0.425. The second kappa shape index (κ2) is 6.13. The Morgan fingerprint density at radius 2 is 2.10 bits per heavy atom. The average Bonchev–Trinajstić information content (AvgIpc) is 2.79. The van der Waals surface area contributed by atoms with Crippen molar-refractivity contribution in [2.75, 3.05) is 0 Å². The minimum Gasteiger partial charge on any atom is -0.306 e. The fourth-order valence-electron chi connectivity index (χ4n) is 2.25. The van der Waals surface area contributed by atoms with Crippen molar-refractivity contribution >= 4 is 0 Å². The number of halogens is 2. The minimum absolute atomic E-state index is 0.268. The van der Waals surface area contributed by atoms with Crippen LogP contribution < -0.4 is 5.32 Å². The van der Waals surface area contributed by atoms with Gasteiger partial charge in [-0.15, -0.1) is 0 Å². The molecule has 1 unspecified atom stereocenters. The predicted octanol–water partition coefficient (Wildman–Crippen LogP) is 3.11. The van der Waals surface area contributed by atoms with Crippen LogP contribution in [-0.2, 0) is 20.0 Å². The van der Waals surface area contributed by atoms with Crippen LogP contribution in [0.4, 0.5) is 8.78 Å². The Hall–Kier alpha value is -1.75. The third-order valence-electron chi connectivity index (χ3n) is 3.35. The highest BCUT2D eigenvalue weighted by Gasteiger charge is 2.13. The molecule has 0 aliphatic carbocycles. The molecule has 2 rings (SSSR count). The van der Waals surface area contributed by atoms with E-state index in [-0.39, 0.29) is 6.04 Å². The largest absolute Gasteiger partial charge is 0.306 e.